The van der Waals surface area contributed by atoms with Crippen LogP contribution in [0.2, 0.25) is 0 Å². The molecule has 0 spiro atoms. The maximum atomic E-state index is 11.3. The summed E-state index contributed by atoms with van der Waals surface area (Å²) < 4.78 is 12.7. The van der Waals surface area contributed by atoms with Crippen LogP contribution in [0.3, 0.4) is 0 Å². The van der Waals surface area contributed by atoms with E-state index in [1.165, 1.54) is 13.2 Å². The summed E-state index contributed by atoms with van der Waals surface area (Å²) in [7, 11) is 3.29. The van der Waals surface area contributed by atoms with Crippen LogP contribution in [-0.4, -0.2) is 34.6 Å². The molecule has 0 bridgehead atoms. The molecular formula is C15H18N2O4. The molecule has 1 N–H and O–H groups in total. The lowest BCUT2D eigenvalue weighted by Crippen LogP contribution is -2.03. The molecule has 21 heavy (non-hydrogen) atoms. The monoisotopic (exact) mass is 290 g/mol. The Kier molecular flexibility index (Phi) is 4.47. The maximum Gasteiger partial charge on any atom is 0.335 e. The molecule has 1 aromatic heterocycles. The van der Waals surface area contributed by atoms with Gasteiger partial charge in [0.2, 0.25) is 0 Å². The van der Waals surface area contributed by atoms with Crippen molar-refractivity contribution in [3.8, 4) is 22.6 Å². The van der Waals surface area contributed by atoms with Gasteiger partial charge in [-0.3, -0.25) is 4.68 Å². The summed E-state index contributed by atoms with van der Waals surface area (Å²) in [6, 6.07) is 3.04. The minimum Gasteiger partial charge on any atom is -0.493 e. The SMILES string of the molecule is CCCOc1c(OC)cc(C(=O)O)cc1-c1cnn(C)c1. The third-order valence-corrected chi connectivity index (χ3v) is 2.99. The van der Waals surface area contributed by atoms with E-state index in [4.69, 9.17) is 9.47 Å². The average Bonchev–Trinajstić information content (AvgIpc) is 2.90. The Hall–Kier alpha value is -2.50. The van der Waals surface area contributed by atoms with E-state index in [9.17, 15) is 9.90 Å². The molecule has 0 saturated carbocycles. The van der Waals surface area contributed by atoms with E-state index >= 15 is 0 Å². The van der Waals surface area contributed by atoms with Crippen molar-refractivity contribution < 1.29 is 19.4 Å². The third-order valence-electron chi connectivity index (χ3n) is 2.99. The molecular weight excluding hydrogens is 272 g/mol. The van der Waals surface area contributed by atoms with Gasteiger partial charge < -0.3 is 14.6 Å². The second-order valence-corrected chi connectivity index (χ2v) is 4.61. The third kappa shape index (κ3) is 3.16. The first kappa shape index (κ1) is 14.9. The zero-order valence-corrected chi connectivity index (χ0v) is 12.3. The first-order valence-electron chi connectivity index (χ1n) is 6.64. The van der Waals surface area contributed by atoms with Gasteiger partial charge in [0.15, 0.2) is 11.5 Å². The molecule has 0 atom stereocenters. The molecule has 6 heteroatoms. The number of nitrogens with zero attached hydrogens (tertiary/aromatic N) is 2. The molecule has 0 radical (unpaired) electrons. The number of carboxylic acid groups (broad SMARTS) is 1. The smallest absolute Gasteiger partial charge is 0.335 e. The van der Waals surface area contributed by atoms with Crippen molar-refractivity contribution in [2.24, 2.45) is 7.05 Å². The average molecular weight is 290 g/mol. The Morgan fingerprint density at radius 1 is 1.43 bits per heavy atom. The predicted octanol–water partition coefficient (Wildman–Crippen LogP) is 2.58. The minimum absolute atomic E-state index is 0.148. The fourth-order valence-corrected chi connectivity index (χ4v) is 2.01. The normalized spacial score (nSPS) is 10.4. The van der Waals surface area contributed by atoms with Crippen LogP contribution in [-0.2, 0) is 7.05 Å². The summed E-state index contributed by atoms with van der Waals surface area (Å²) in [5.74, 6) is -0.0694. The number of aromatic nitrogens is 2. The zero-order chi connectivity index (χ0) is 15.4. The van der Waals surface area contributed by atoms with Gasteiger partial charge in [0.25, 0.3) is 0 Å². The fourth-order valence-electron chi connectivity index (χ4n) is 2.01. The van der Waals surface area contributed by atoms with Crippen LogP contribution in [0.1, 0.15) is 23.7 Å². The minimum atomic E-state index is -1.01. The molecule has 0 unspecified atom stereocenters. The number of aryl methyl sites for hydroxylation is 1. The topological polar surface area (TPSA) is 73.6 Å². The molecule has 2 rings (SSSR count). The van der Waals surface area contributed by atoms with Crippen LogP contribution in [0, 0.1) is 0 Å². The Morgan fingerprint density at radius 2 is 2.19 bits per heavy atom. The first-order chi connectivity index (χ1) is 10.1. The lowest BCUT2D eigenvalue weighted by atomic mass is 10.0. The van der Waals surface area contributed by atoms with Crippen molar-refractivity contribution in [2.45, 2.75) is 13.3 Å². The highest BCUT2D eigenvalue weighted by atomic mass is 16.5. The number of methoxy groups -OCH3 is 1. The van der Waals surface area contributed by atoms with Crippen molar-refractivity contribution in [1.29, 1.82) is 0 Å². The Bertz CT molecular complexity index is 649. The van der Waals surface area contributed by atoms with E-state index in [-0.39, 0.29) is 5.56 Å². The molecule has 1 heterocycles. The van der Waals surface area contributed by atoms with Crippen molar-refractivity contribution >= 4 is 5.97 Å². The Morgan fingerprint density at radius 3 is 2.71 bits per heavy atom. The van der Waals surface area contributed by atoms with Crippen LogP contribution in [0.5, 0.6) is 11.5 Å². The van der Waals surface area contributed by atoms with Crippen molar-refractivity contribution in [3.05, 3.63) is 30.1 Å². The number of hydrogen-bond donors (Lipinski definition) is 1. The lowest BCUT2D eigenvalue weighted by Gasteiger charge is -2.15. The number of benzene rings is 1. The quantitative estimate of drug-likeness (QED) is 0.885. The van der Waals surface area contributed by atoms with Gasteiger partial charge in [-0.05, 0) is 18.6 Å². The van der Waals surface area contributed by atoms with Gasteiger partial charge in [-0.15, -0.1) is 0 Å². The zero-order valence-electron chi connectivity index (χ0n) is 12.3. The van der Waals surface area contributed by atoms with E-state index in [0.717, 1.165) is 12.0 Å². The molecule has 0 aliphatic heterocycles. The van der Waals surface area contributed by atoms with Gasteiger partial charge in [0.05, 0.1) is 25.5 Å². The van der Waals surface area contributed by atoms with Crippen LogP contribution >= 0.6 is 0 Å². The summed E-state index contributed by atoms with van der Waals surface area (Å²) >= 11 is 0. The number of carboxylic acids is 1. The van der Waals surface area contributed by atoms with Crippen LogP contribution in [0.4, 0.5) is 0 Å². The Labute approximate surface area is 122 Å². The van der Waals surface area contributed by atoms with E-state index in [0.29, 0.717) is 23.7 Å². The summed E-state index contributed by atoms with van der Waals surface area (Å²) in [4.78, 5) is 11.3. The number of ether oxygens (including phenoxy) is 2. The molecule has 2 aromatic rings. The molecule has 0 amide bonds. The summed E-state index contributed by atoms with van der Waals surface area (Å²) in [5.41, 5.74) is 1.59. The lowest BCUT2D eigenvalue weighted by molar-refractivity contribution is 0.0696. The molecule has 1 aromatic carbocycles. The molecule has 0 saturated heterocycles. The highest BCUT2D eigenvalue weighted by Crippen LogP contribution is 2.39. The molecule has 0 aliphatic rings. The van der Waals surface area contributed by atoms with Crippen LogP contribution < -0.4 is 9.47 Å². The van der Waals surface area contributed by atoms with Gasteiger partial charge in [0, 0.05) is 24.4 Å². The van der Waals surface area contributed by atoms with Crippen molar-refractivity contribution in [1.82, 2.24) is 9.78 Å². The fraction of sp³-hybridized carbons (Fsp3) is 0.333. The highest BCUT2D eigenvalue weighted by molar-refractivity contribution is 5.91. The second-order valence-electron chi connectivity index (χ2n) is 4.61. The molecule has 0 fully saturated rings. The maximum absolute atomic E-state index is 11.3. The number of aromatic carboxylic acids is 1. The van der Waals surface area contributed by atoms with Gasteiger partial charge >= 0.3 is 5.97 Å². The van der Waals surface area contributed by atoms with Gasteiger partial charge in [-0.25, -0.2) is 4.79 Å². The summed E-state index contributed by atoms with van der Waals surface area (Å²) in [5, 5.41) is 13.3. The first-order valence-corrected chi connectivity index (χ1v) is 6.64. The molecule has 0 aliphatic carbocycles. The van der Waals surface area contributed by atoms with Gasteiger partial charge in [-0.2, -0.15) is 5.10 Å². The second kappa shape index (κ2) is 6.30. The molecule has 6 nitrogen and oxygen atoms in total. The van der Waals surface area contributed by atoms with Gasteiger partial charge in [-0.1, -0.05) is 6.92 Å². The van der Waals surface area contributed by atoms with Gasteiger partial charge in [0.1, 0.15) is 0 Å². The van der Waals surface area contributed by atoms with E-state index in [1.807, 2.05) is 6.92 Å². The Balaban J connectivity index is 2.61. The summed E-state index contributed by atoms with van der Waals surface area (Å²) in [6.45, 7) is 2.53. The van der Waals surface area contributed by atoms with E-state index < -0.39 is 5.97 Å². The number of rotatable bonds is 6. The highest BCUT2D eigenvalue weighted by Gasteiger charge is 2.18. The standard InChI is InChI=1S/C15H18N2O4/c1-4-5-21-14-12(11-8-16-17(2)9-11)6-10(15(18)19)7-13(14)20-3/h6-9H,4-5H2,1-3H3,(H,18,19). The predicted molar refractivity (Wildman–Crippen MR) is 77.9 cm³/mol. The van der Waals surface area contributed by atoms with Crippen LogP contribution in [0.15, 0.2) is 24.5 Å². The van der Waals surface area contributed by atoms with E-state index in [1.54, 1.807) is 30.2 Å². The van der Waals surface area contributed by atoms with E-state index in [2.05, 4.69) is 5.10 Å². The molecule has 112 valence electrons. The van der Waals surface area contributed by atoms with Crippen molar-refractivity contribution in [2.75, 3.05) is 13.7 Å². The largest absolute Gasteiger partial charge is 0.493 e. The summed E-state index contributed by atoms with van der Waals surface area (Å²) in [6.07, 6.45) is 4.31. The number of hydrogen-bond acceptors (Lipinski definition) is 4. The number of carbonyl (C=O) groups is 1. The van der Waals surface area contributed by atoms with Crippen LogP contribution in [0.25, 0.3) is 11.1 Å². The van der Waals surface area contributed by atoms with Crippen molar-refractivity contribution in [3.63, 3.8) is 0 Å².